The molecule has 0 spiro atoms. The van der Waals surface area contributed by atoms with Gasteiger partial charge in [-0.3, -0.25) is 4.79 Å². The summed E-state index contributed by atoms with van der Waals surface area (Å²) in [5, 5.41) is 9.02. The van der Waals surface area contributed by atoms with Crippen LogP contribution in [0.25, 0.3) is 0 Å². The fourth-order valence-electron chi connectivity index (χ4n) is 3.70. The number of methoxy groups -OCH3 is 2. The van der Waals surface area contributed by atoms with E-state index in [1.165, 1.54) is 0 Å². The Labute approximate surface area is 200 Å². The third-order valence-corrected chi connectivity index (χ3v) is 5.83. The minimum absolute atomic E-state index is 0.0649. The van der Waals surface area contributed by atoms with Gasteiger partial charge in [0.1, 0.15) is 18.1 Å². The number of rotatable bonds is 4. The first-order valence-corrected chi connectivity index (χ1v) is 11.3. The van der Waals surface area contributed by atoms with Crippen LogP contribution in [0.2, 0.25) is 0 Å². The van der Waals surface area contributed by atoms with E-state index in [1.54, 1.807) is 68.6 Å². The molecule has 0 unspecified atom stereocenters. The molecule has 1 aliphatic rings. The fraction of sp³-hybridized carbons (Fsp3) is 0.440. The summed E-state index contributed by atoms with van der Waals surface area (Å²) in [7, 11) is 5.00. The number of nitrogens with one attached hydrogen (secondary N) is 3. The van der Waals surface area contributed by atoms with E-state index in [2.05, 4.69) is 22.9 Å². The fourth-order valence-corrected chi connectivity index (χ4v) is 3.70. The maximum Gasteiger partial charge on any atom is 0.323 e. The number of likely N-dealkylation sites (N-methyl/N-ethyl adjacent to an activating group) is 1. The van der Waals surface area contributed by atoms with Gasteiger partial charge >= 0.3 is 6.03 Å². The summed E-state index contributed by atoms with van der Waals surface area (Å²) >= 11 is 0. The number of benzene rings is 2. The summed E-state index contributed by atoms with van der Waals surface area (Å²) in [6, 6.07) is 11.7. The maximum absolute atomic E-state index is 13.2. The van der Waals surface area contributed by atoms with Crippen LogP contribution in [0.4, 0.5) is 16.2 Å². The van der Waals surface area contributed by atoms with Crippen LogP contribution in [0.3, 0.4) is 0 Å². The van der Waals surface area contributed by atoms with E-state index < -0.39 is 6.03 Å². The summed E-state index contributed by atoms with van der Waals surface area (Å²) in [5.41, 5.74) is 1.56. The highest BCUT2D eigenvalue weighted by Crippen LogP contribution is 2.26. The van der Waals surface area contributed by atoms with Crippen LogP contribution in [0.5, 0.6) is 11.5 Å². The van der Waals surface area contributed by atoms with Gasteiger partial charge in [0, 0.05) is 50.7 Å². The molecule has 2 aromatic rings. The molecular formula is C25H34N4O5. The van der Waals surface area contributed by atoms with Gasteiger partial charge < -0.3 is 35.1 Å². The zero-order valence-corrected chi connectivity index (χ0v) is 20.4. The first-order valence-electron chi connectivity index (χ1n) is 11.3. The maximum atomic E-state index is 13.2. The predicted molar refractivity (Wildman–Crippen MR) is 132 cm³/mol. The highest BCUT2D eigenvalue weighted by atomic mass is 16.5. The molecule has 184 valence electrons. The Morgan fingerprint density at radius 3 is 2.44 bits per heavy atom. The average Bonchev–Trinajstić information content (AvgIpc) is 2.83. The van der Waals surface area contributed by atoms with Crippen LogP contribution in [0.1, 0.15) is 24.2 Å². The molecule has 1 aliphatic heterocycles. The second-order valence-corrected chi connectivity index (χ2v) is 8.58. The summed E-state index contributed by atoms with van der Waals surface area (Å²) in [4.78, 5) is 27.3. The van der Waals surface area contributed by atoms with Gasteiger partial charge in [-0.1, -0.05) is 6.92 Å². The van der Waals surface area contributed by atoms with E-state index in [0.29, 0.717) is 41.6 Å². The van der Waals surface area contributed by atoms with Crippen LogP contribution in [0.15, 0.2) is 42.5 Å². The van der Waals surface area contributed by atoms with Crippen molar-refractivity contribution in [2.75, 3.05) is 51.6 Å². The van der Waals surface area contributed by atoms with Gasteiger partial charge in [-0.25, -0.2) is 4.79 Å². The topological polar surface area (TPSA) is 101 Å². The van der Waals surface area contributed by atoms with Crippen molar-refractivity contribution in [1.82, 2.24) is 10.2 Å². The van der Waals surface area contributed by atoms with Gasteiger partial charge in [-0.15, -0.1) is 0 Å². The zero-order valence-electron chi connectivity index (χ0n) is 20.4. The molecule has 0 fully saturated rings. The Morgan fingerprint density at radius 2 is 1.76 bits per heavy atom. The van der Waals surface area contributed by atoms with Gasteiger partial charge in [-0.05, 0) is 49.2 Å². The normalized spacial score (nSPS) is 21.4. The van der Waals surface area contributed by atoms with Crippen molar-refractivity contribution in [3.05, 3.63) is 48.0 Å². The van der Waals surface area contributed by atoms with Crippen molar-refractivity contribution in [2.24, 2.45) is 5.92 Å². The van der Waals surface area contributed by atoms with Crippen molar-refractivity contribution < 1.29 is 23.8 Å². The molecule has 0 aliphatic carbocycles. The van der Waals surface area contributed by atoms with Crippen LogP contribution in [-0.4, -0.2) is 69.9 Å². The van der Waals surface area contributed by atoms with Crippen LogP contribution >= 0.6 is 0 Å². The number of carbonyl (C=O) groups is 2. The van der Waals surface area contributed by atoms with Crippen molar-refractivity contribution >= 4 is 23.3 Å². The highest BCUT2D eigenvalue weighted by Gasteiger charge is 2.25. The molecule has 0 aromatic heterocycles. The second-order valence-electron chi connectivity index (χ2n) is 8.58. The Kier molecular flexibility index (Phi) is 8.72. The van der Waals surface area contributed by atoms with Crippen molar-refractivity contribution in [3.8, 4) is 11.5 Å². The van der Waals surface area contributed by atoms with Crippen LogP contribution < -0.4 is 25.4 Å². The molecule has 9 nitrogen and oxygen atoms in total. The molecule has 3 rings (SSSR count). The van der Waals surface area contributed by atoms with E-state index >= 15 is 0 Å². The number of carbonyl (C=O) groups excluding carboxylic acids is 2. The minimum Gasteiger partial charge on any atom is -0.497 e. The Bertz CT molecular complexity index is 982. The number of hydrogen-bond donors (Lipinski definition) is 3. The monoisotopic (exact) mass is 470 g/mol. The zero-order chi connectivity index (χ0) is 24.7. The van der Waals surface area contributed by atoms with E-state index in [0.717, 1.165) is 6.54 Å². The smallest absolute Gasteiger partial charge is 0.323 e. The molecule has 0 saturated heterocycles. The van der Waals surface area contributed by atoms with Crippen molar-refractivity contribution in [1.29, 1.82) is 0 Å². The Hall–Kier alpha value is -3.30. The van der Waals surface area contributed by atoms with E-state index in [1.807, 2.05) is 6.92 Å². The summed E-state index contributed by atoms with van der Waals surface area (Å²) in [6.45, 7) is 5.69. The lowest BCUT2D eigenvalue weighted by Crippen LogP contribution is -2.44. The lowest BCUT2D eigenvalue weighted by Gasteiger charge is -2.30. The molecule has 9 heteroatoms. The summed E-state index contributed by atoms with van der Waals surface area (Å²) in [5.74, 6) is 1.17. The van der Waals surface area contributed by atoms with Gasteiger partial charge in [0.15, 0.2) is 0 Å². The number of urea groups is 1. The summed E-state index contributed by atoms with van der Waals surface area (Å²) < 4.78 is 16.8. The number of amides is 3. The van der Waals surface area contributed by atoms with Gasteiger partial charge in [-0.2, -0.15) is 0 Å². The number of ether oxygens (including phenoxy) is 3. The number of nitrogens with zero attached hydrogens (tertiary/aromatic N) is 1. The molecule has 2 aromatic carbocycles. The van der Waals surface area contributed by atoms with E-state index in [9.17, 15) is 9.59 Å². The molecule has 1 heterocycles. The molecule has 0 radical (unpaired) electrons. The molecule has 3 N–H and O–H groups in total. The molecule has 0 bridgehead atoms. The SMILES string of the molecule is COc1ccc(NC(=O)Nc2ccc3c(c2)OC[C@@H](C)NC[C@H](C)[C@H](OC)CN(C)C3=O)cc1. The third-order valence-electron chi connectivity index (χ3n) is 5.83. The van der Waals surface area contributed by atoms with Crippen LogP contribution in [-0.2, 0) is 4.74 Å². The molecule has 3 amide bonds. The van der Waals surface area contributed by atoms with Gasteiger partial charge in [0.25, 0.3) is 5.91 Å². The first-order chi connectivity index (χ1) is 16.3. The molecule has 34 heavy (non-hydrogen) atoms. The number of anilines is 2. The number of hydrogen-bond acceptors (Lipinski definition) is 6. The second kappa shape index (κ2) is 11.7. The Morgan fingerprint density at radius 1 is 1.09 bits per heavy atom. The highest BCUT2D eigenvalue weighted by molar-refractivity contribution is 6.01. The molecular weight excluding hydrogens is 436 g/mol. The standard InChI is InChI=1S/C25H34N4O5/c1-16-13-26-17(2)15-34-22-12-19(8-11-21(22)24(30)29(3)14-23(16)33-5)28-25(31)27-18-6-9-20(32-4)10-7-18/h6-12,16-17,23,26H,13-15H2,1-5H3,(H2,27,28,31)/t16-,17+,23+/m0/s1. The summed E-state index contributed by atoms with van der Waals surface area (Å²) in [6.07, 6.45) is -0.0972. The predicted octanol–water partition coefficient (Wildman–Crippen LogP) is 3.43. The largest absolute Gasteiger partial charge is 0.497 e. The average molecular weight is 471 g/mol. The van der Waals surface area contributed by atoms with Gasteiger partial charge in [0.05, 0.1) is 18.8 Å². The van der Waals surface area contributed by atoms with E-state index in [-0.39, 0.29) is 24.0 Å². The van der Waals surface area contributed by atoms with Crippen LogP contribution in [0, 0.1) is 5.92 Å². The van der Waals surface area contributed by atoms with Crippen molar-refractivity contribution in [3.63, 3.8) is 0 Å². The Balaban J connectivity index is 1.78. The van der Waals surface area contributed by atoms with Crippen molar-refractivity contribution in [2.45, 2.75) is 26.0 Å². The molecule has 3 atom stereocenters. The minimum atomic E-state index is -0.409. The lowest BCUT2D eigenvalue weighted by molar-refractivity contribution is 0.0281. The third kappa shape index (κ3) is 6.61. The first kappa shape index (κ1) is 25.3. The number of fused-ring (bicyclic) bond motifs is 1. The van der Waals surface area contributed by atoms with E-state index in [4.69, 9.17) is 14.2 Å². The van der Waals surface area contributed by atoms with Gasteiger partial charge in [0.2, 0.25) is 0 Å². The molecule has 0 saturated carbocycles. The quantitative estimate of drug-likeness (QED) is 0.633. The lowest BCUT2D eigenvalue weighted by atomic mass is 10.0.